The monoisotopic (exact) mass is 318 g/mol. The number of ether oxygens (including phenoxy) is 2. The molecular weight excluding hydrogens is 300 g/mol. The van der Waals surface area contributed by atoms with Gasteiger partial charge >= 0.3 is 0 Å². The molecule has 0 heterocycles. The van der Waals surface area contributed by atoms with Gasteiger partial charge in [-0.2, -0.15) is 0 Å². The Labute approximate surface area is 141 Å². The van der Waals surface area contributed by atoms with Crippen LogP contribution < -0.4 is 9.47 Å². The van der Waals surface area contributed by atoms with E-state index in [1.54, 1.807) is 26.4 Å². The van der Waals surface area contributed by atoms with Crippen LogP contribution in [0, 0.1) is 0 Å². The number of rotatable bonds is 5. The SMILES string of the molecule is COc1ccc2cc(C(=O)/C=C\c3ccccc3OC)ccc2c1. The zero-order valence-corrected chi connectivity index (χ0v) is 13.7. The van der Waals surface area contributed by atoms with Crippen LogP contribution in [-0.2, 0) is 0 Å². The zero-order valence-electron chi connectivity index (χ0n) is 13.7. The van der Waals surface area contributed by atoms with Crippen molar-refractivity contribution >= 4 is 22.6 Å². The van der Waals surface area contributed by atoms with Gasteiger partial charge in [-0.1, -0.05) is 36.4 Å². The van der Waals surface area contributed by atoms with E-state index in [9.17, 15) is 4.79 Å². The number of fused-ring (bicyclic) bond motifs is 1. The third-order valence-electron chi connectivity index (χ3n) is 3.89. The quantitative estimate of drug-likeness (QED) is 0.503. The highest BCUT2D eigenvalue weighted by atomic mass is 16.5. The number of ketones is 1. The molecule has 0 N–H and O–H groups in total. The van der Waals surface area contributed by atoms with Crippen molar-refractivity contribution in [3.05, 3.63) is 77.9 Å². The minimum atomic E-state index is -0.0429. The highest BCUT2D eigenvalue weighted by Crippen LogP contribution is 2.23. The number of methoxy groups -OCH3 is 2. The van der Waals surface area contributed by atoms with Crippen molar-refractivity contribution in [1.29, 1.82) is 0 Å². The van der Waals surface area contributed by atoms with Crippen LogP contribution in [0.5, 0.6) is 11.5 Å². The lowest BCUT2D eigenvalue weighted by Crippen LogP contribution is -1.94. The average Bonchev–Trinajstić information content (AvgIpc) is 2.65. The zero-order chi connectivity index (χ0) is 16.9. The molecule has 3 heteroatoms. The Morgan fingerprint density at radius 3 is 2.42 bits per heavy atom. The minimum Gasteiger partial charge on any atom is -0.497 e. The summed E-state index contributed by atoms with van der Waals surface area (Å²) in [5, 5.41) is 2.05. The number of allylic oxidation sites excluding steroid dienone is 1. The van der Waals surface area contributed by atoms with Crippen molar-refractivity contribution < 1.29 is 14.3 Å². The third-order valence-corrected chi connectivity index (χ3v) is 3.89. The van der Waals surface area contributed by atoms with Gasteiger partial charge in [0.25, 0.3) is 0 Å². The second-order valence-corrected chi connectivity index (χ2v) is 5.37. The molecule has 0 amide bonds. The Morgan fingerprint density at radius 1 is 0.875 bits per heavy atom. The van der Waals surface area contributed by atoms with Gasteiger partial charge in [-0.05, 0) is 47.2 Å². The van der Waals surface area contributed by atoms with Gasteiger partial charge in [0.2, 0.25) is 0 Å². The maximum absolute atomic E-state index is 12.4. The molecule has 0 bridgehead atoms. The molecule has 0 spiro atoms. The van der Waals surface area contributed by atoms with E-state index < -0.39 is 0 Å². The summed E-state index contributed by atoms with van der Waals surface area (Å²) in [5.74, 6) is 1.50. The molecule has 0 atom stereocenters. The van der Waals surface area contributed by atoms with E-state index in [0.29, 0.717) is 5.56 Å². The average molecular weight is 318 g/mol. The summed E-state index contributed by atoms with van der Waals surface area (Å²) in [7, 11) is 3.26. The predicted octanol–water partition coefficient (Wildman–Crippen LogP) is 4.75. The van der Waals surface area contributed by atoms with Crippen molar-refractivity contribution in [2.45, 2.75) is 0 Å². The minimum absolute atomic E-state index is 0.0429. The van der Waals surface area contributed by atoms with E-state index in [1.807, 2.05) is 60.7 Å². The summed E-state index contributed by atoms with van der Waals surface area (Å²) in [6.07, 6.45) is 3.35. The lowest BCUT2D eigenvalue weighted by Gasteiger charge is -2.05. The summed E-state index contributed by atoms with van der Waals surface area (Å²) < 4.78 is 10.5. The fourth-order valence-electron chi connectivity index (χ4n) is 2.57. The maximum atomic E-state index is 12.4. The molecule has 0 aliphatic rings. The number of carbonyl (C=O) groups excluding carboxylic acids is 1. The van der Waals surface area contributed by atoms with Crippen LogP contribution in [-0.4, -0.2) is 20.0 Å². The summed E-state index contributed by atoms with van der Waals surface area (Å²) in [4.78, 5) is 12.4. The number of benzene rings is 3. The van der Waals surface area contributed by atoms with Crippen LogP contribution in [0.3, 0.4) is 0 Å². The first-order valence-corrected chi connectivity index (χ1v) is 7.64. The maximum Gasteiger partial charge on any atom is 0.185 e. The predicted molar refractivity (Wildman–Crippen MR) is 96.9 cm³/mol. The third kappa shape index (κ3) is 3.30. The number of carbonyl (C=O) groups is 1. The molecule has 0 radical (unpaired) electrons. The van der Waals surface area contributed by atoms with Gasteiger partial charge in [0, 0.05) is 11.1 Å². The summed E-state index contributed by atoms with van der Waals surface area (Å²) in [6, 6.07) is 19.0. The number of para-hydroxylation sites is 1. The van der Waals surface area contributed by atoms with E-state index in [0.717, 1.165) is 27.8 Å². The summed E-state index contributed by atoms with van der Waals surface area (Å²) in [6.45, 7) is 0. The molecule has 3 rings (SSSR count). The van der Waals surface area contributed by atoms with E-state index in [1.165, 1.54) is 0 Å². The highest BCUT2D eigenvalue weighted by molar-refractivity contribution is 6.08. The fraction of sp³-hybridized carbons (Fsp3) is 0.0952. The summed E-state index contributed by atoms with van der Waals surface area (Å²) >= 11 is 0. The lowest BCUT2D eigenvalue weighted by molar-refractivity contribution is 0.104. The number of hydrogen-bond acceptors (Lipinski definition) is 3. The Hall–Kier alpha value is -3.07. The van der Waals surface area contributed by atoms with Crippen LogP contribution in [0.2, 0.25) is 0 Å². The molecule has 0 unspecified atom stereocenters. The van der Waals surface area contributed by atoms with Crippen LogP contribution in [0.1, 0.15) is 15.9 Å². The van der Waals surface area contributed by atoms with Crippen molar-refractivity contribution in [2.24, 2.45) is 0 Å². The topological polar surface area (TPSA) is 35.5 Å². The van der Waals surface area contributed by atoms with Gasteiger partial charge in [0.05, 0.1) is 14.2 Å². The van der Waals surface area contributed by atoms with Crippen molar-refractivity contribution in [2.75, 3.05) is 14.2 Å². The Balaban J connectivity index is 1.87. The summed E-state index contributed by atoms with van der Waals surface area (Å²) in [5.41, 5.74) is 1.53. The molecule has 3 aromatic rings. The van der Waals surface area contributed by atoms with E-state index in [4.69, 9.17) is 9.47 Å². The van der Waals surface area contributed by atoms with Crippen molar-refractivity contribution in [3.63, 3.8) is 0 Å². The molecular formula is C21H18O3. The van der Waals surface area contributed by atoms with Crippen LogP contribution in [0.25, 0.3) is 16.8 Å². The van der Waals surface area contributed by atoms with Gasteiger partial charge in [0.1, 0.15) is 11.5 Å². The van der Waals surface area contributed by atoms with Crippen LogP contribution in [0.4, 0.5) is 0 Å². The first kappa shape index (κ1) is 15.8. The van der Waals surface area contributed by atoms with Gasteiger partial charge in [-0.25, -0.2) is 0 Å². The smallest absolute Gasteiger partial charge is 0.185 e. The second kappa shape index (κ2) is 7.01. The largest absolute Gasteiger partial charge is 0.497 e. The van der Waals surface area contributed by atoms with E-state index in [2.05, 4.69) is 0 Å². The van der Waals surface area contributed by atoms with Gasteiger partial charge in [-0.3, -0.25) is 4.79 Å². The standard InChI is InChI=1S/C21H18O3/c1-23-19-11-9-16-13-18(8-7-17(16)14-19)20(22)12-10-15-5-3-4-6-21(15)24-2/h3-14H,1-2H3/b12-10-. The van der Waals surface area contributed by atoms with Gasteiger partial charge < -0.3 is 9.47 Å². The molecule has 0 saturated heterocycles. The fourth-order valence-corrected chi connectivity index (χ4v) is 2.57. The molecule has 0 fully saturated rings. The molecule has 0 saturated carbocycles. The molecule has 0 aliphatic heterocycles. The van der Waals surface area contributed by atoms with Crippen molar-refractivity contribution in [1.82, 2.24) is 0 Å². The van der Waals surface area contributed by atoms with E-state index >= 15 is 0 Å². The second-order valence-electron chi connectivity index (χ2n) is 5.37. The Bertz CT molecular complexity index is 910. The molecule has 24 heavy (non-hydrogen) atoms. The molecule has 0 aliphatic carbocycles. The van der Waals surface area contributed by atoms with Crippen molar-refractivity contribution in [3.8, 4) is 11.5 Å². The molecule has 120 valence electrons. The lowest BCUT2D eigenvalue weighted by atomic mass is 10.0. The Morgan fingerprint density at radius 2 is 1.62 bits per heavy atom. The molecule has 3 aromatic carbocycles. The normalized spacial score (nSPS) is 10.9. The first-order valence-electron chi connectivity index (χ1n) is 7.64. The highest BCUT2D eigenvalue weighted by Gasteiger charge is 2.05. The van der Waals surface area contributed by atoms with Gasteiger partial charge in [0.15, 0.2) is 5.78 Å². The van der Waals surface area contributed by atoms with Gasteiger partial charge in [-0.15, -0.1) is 0 Å². The molecule has 0 aromatic heterocycles. The number of hydrogen-bond donors (Lipinski definition) is 0. The first-order chi connectivity index (χ1) is 11.7. The van der Waals surface area contributed by atoms with E-state index in [-0.39, 0.29) is 5.78 Å². The van der Waals surface area contributed by atoms with Crippen LogP contribution in [0.15, 0.2) is 66.7 Å². The van der Waals surface area contributed by atoms with Crippen LogP contribution >= 0.6 is 0 Å². The molecule has 3 nitrogen and oxygen atoms in total. The Kier molecular flexibility index (Phi) is 4.62.